The van der Waals surface area contributed by atoms with Crippen LogP contribution in [0, 0.1) is 5.92 Å². The third-order valence-electron chi connectivity index (χ3n) is 3.63. The van der Waals surface area contributed by atoms with Crippen molar-refractivity contribution in [2.45, 2.75) is 32.3 Å². The lowest BCUT2D eigenvalue weighted by atomic mass is 9.81. The molecule has 0 aliphatic carbocycles. The Morgan fingerprint density at radius 2 is 1.39 bits per heavy atom. The minimum Gasteiger partial charge on any atom is -0.460 e. The molecule has 0 saturated heterocycles. The molecule has 1 N–H and O–H groups in total. The van der Waals surface area contributed by atoms with Gasteiger partial charge >= 0.3 is 5.97 Å². The predicted octanol–water partition coefficient (Wildman–Crippen LogP) is 3.77. The SMILES string of the molecule is CC(C)(C)OC(=O)C(CO)C(c1ccccc1)c1ccccc1. The molecular formula is C20H24O3. The van der Waals surface area contributed by atoms with Crippen LogP contribution in [0.3, 0.4) is 0 Å². The van der Waals surface area contributed by atoms with Gasteiger partial charge in [0.2, 0.25) is 0 Å². The summed E-state index contributed by atoms with van der Waals surface area (Å²) in [5.41, 5.74) is 1.40. The minimum atomic E-state index is -0.640. The first-order valence-electron chi connectivity index (χ1n) is 7.86. The molecule has 122 valence electrons. The molecule has 2 aromatic carbocycles. The van der Waals surface area contributed by atoms with Crippen LogP contribution in [0.4, 0.5) is 0 Å². The summed E-state index contributed by atoms with van der Waals surface area (Å²) >= 11 is 0. The van der Waals surface area contributed by atoms with Gasteiger partial charge in [0.1, 0.15) is 5.60 Å². The van der Waals surface area contributed by atoms with Crippen LogP contribution in [0.5, 0.6) is 0 Å². The standard InChI is InChI=1S/C20H24O3/c1-20(2,3)23-19(22)17(14-21)18(15-10-6-4-7-11-15)16-12-8-5-9-13-16/h4-13,17-18,21H,14H2,1-3H3. The second kappa shape index (κ2) is 7.42. The van der Waals surface area contributed by atoms with Crippen LogP contribution in [0.1, 0.15) is 37.8 Å². The Morgan fingerprint density at radius 1 is 0.957 bits per heavy atom. The van der Waals surface area contributed by atoms with Gasteiger partial charge in [0.15, 0.2) is 0 Å². The molecule has 0 aliphatic rings. The van der Waals surface area contributed by atoms with Crippen molar-refractivity contribution in [3.8, 4) is 0 Å². The first-order valence-corrected chi connectivity index (χ1v) is 7.86. The minimum absolute atomic E-state index is 0.239. The molecule has 0 spiro atoms. The summed E-state index contributed by atoms with van der Waals surface area (Å²) < 4.78 is 5.52. The Labute approximate surface area is 137 Å². The van der Waals surface area contributed by atoms with Gasteiger partial charge in [-0.2, -0.15) is 0 Å². The van der Waals surface area contributed by atoms with Gasteiger partial charge in [-0.1, -0.05) is 60.7 Å². The Bertz CT molecular complexity index is 575. The maximum atomic E-state index is 12.6. The number of rotatable bonds is 5. The maximum Gasteiger partial charge on any atom is 0.312 e. The van der Waals surface area contributed by atoms with E-state index in [2.05, 4.69) is 0 Å². The molecule has 1 unspecified atom stereocenters. The zero-order valence-electron chi connectivity index (χ0n) is 13.9. The molecule has 0 radical (unpaired) electrons. The smallest absolute Gasteiger partial charge is 0.312 e. The number of carbonyl (C=O) groups excluding carboxylic acids is 1. The molecule has 3 heteroatoms. The molecule has 0 aliphatic heterocycles. The zero-order valence-corrected chi connectivity index (χ0v) is 13.9. The molecule has 2 aromatic rings. The number of aliphatic hydroxyl groups excluding tert-OH is 1. The van der Waals surface area contributed by atoms with Crippen LogP contribution in [0.25, 0.3) is 0 Å². The molecule has 23 heavy (non-hydrogen) atoms. The monoisotopic (exact) mass is 312 g/mol. The predicted molar refractivity (Wildman–Crippen MR) is 91.1 cm³/mol. The Balaban J connectivity index is 2.41. The van der Waals surface area contributed by atoms with Gasteiger partial charge in [-0.15, -0.1) is 0 Å². The van der Waals surface area contributed by atoms with Crippen molar-refractivity contribution in [2.75, 3.05) is 6.61 Å². The van der Waals surface area contributed by atoms with Crippen LogP contribution >= 0.6 is 0 Å². The topological polar surface area (TPSA) is 46.5 Å². The fraction of sp³-hybridized carbons (Fsp3) is 0.350. The third-order valence-corrected chi connectivity index (χ3v) is 3.63. The Morgan fingerprint density at radius 3 is 1.74 bits per heavy atom. The van der Waals surface area contributed by atoms with Crippen LogP contribution in [0.15, 0.2) is 60.7 Å². The molecule has 0 aromatic heterocycles. The summed E-state index contributed by atoms with van der Waals surface area (Å²) in [5.74, 6) is -1.26. The van der Waals surface area contributed by atoms with Gasteiger partial charge in [0.25, 0.3) is 0 Å². The summed E-state index contributed by atoms with van der Waals surface area (Å²) in [6.07, 6.45) is 0. The summed E-state index contributed by atoms with van der Waals surface area (Å²) in [4.78, 5) is 12.6. The average molecular weight is 312 g/mol. The van der Waals surface area contributed by atoms with E-state index in [1.807, 2.05) is 81.4 Å². The molecule has 0 fully saturated rings. The molecule has 0 saturated carbocycles. The van der Waals surface area contributed by atoms with Crippen LogP contribution < -0.4 is 0 Å². The highest BCUT2D eigenvalue weighted by Crippen LogP contribution is 2.33. The van der Waals surface area contributed by atoms with Gasteiger partial charge < -0.3 is 9.84 Å². The quantitative estimate of drug-likeness (QED) is 0.855. The van der Waals surface area contributed by atoms with E-state index in [0.29, 0.717) is 0 Å². The molecule has 0 bridgehead atoms. The lowest BCUT2D eigenvalue weighted by Gasteiger charge is -2.29. The third kappa shape index (κ3) is 4.67. The van der Waals surface area contributed by atoms with E-state index < -0.39 is 11.5 Å². The largest absolute Gasteiger partial charge is 0.460 e. The number of carbonyl (C=O) groups is 1. The highest BCUT2D eigenvalue weighted by atomic mass is 16.6. The first-order chi connectivity index (χ1) is 10.9. The Hall–Kier alpha value is -2.13. The summed E-state index contributed by atoms with van der Waals surface area (Å²) in [6, 6.07) is 19.5. The van der Waals surface area contributed by atoms with Crippen molar-refractivity contribution in [3.05, 3.63) is 71.8 Å². The highest BCUT2D eigenvalue weighted by Gasteiger charge is 2.33. The maximum absolute atomic E-state index is 12.6. The van der Waals surface area contributed by atoms with Crippen molar-refractivity contribution in [1.29, 1.82) is 0 Å². The van der Waals surface area contributed by atoms with Crippen molar-refractivity contribution < 1.29 is 14.6 Å². The van der Waals surface area contributed by atoms with E-state index in [1.165, 1.54) is 0 Å². The zero-order chi connectivity index (χ0) is 16.9. The fourth-order valence-electron chi connectivity index (χ4n) is 2.67. The van der Waals surface area contributed by atoms with E-state index >= 15 is 0 Å². The second-order valence-electron chi connectivity index (χ2n) is 6.62. The number of ether oxygens (including phenoxy) is 1. The molecule has 1 atom stereocenters. The second-order valence-corrected chi connectivity index (χ2v) is 6.62. The number of hydrogen-bond acceptors (Lipinski definition) is 3. The van der Waals surface area contributed by atoms with Crippen molar-refractivity contribution in [1.82, 2.24) is 0 Å². The number of hydrogen-bond donors (Lipinski definition) is 1. The van der Waals surface area contributed by atoms with E-state index in [9.17, 15) is 9.90 Å². The van der Waals surface area contributed by atoms with Crippen LogP contribution in [-0.2, 0) is 9.53 Å². The fourth-order valence-corrected chi connectivity index (χ4v) is 2.67. The van der Waals surface area contributed by atoms with Crippen molar-refractivity contribution in [2.24, 2.45) is 5.92 Å². The van der Waals surface area contributed by atoms with Crippen LogP contribution in [-0.4, -0.2) is 23.3 Å². The molecule has 0 amide bonds. The van der Waals surface area contributed by atoms with Gasteiger partial charge in [0.05, 0.1) is 12.5 Å². The summed E-state index contributed by atoms with van der Waals surface area (Å²) in [7, 11) is 0. The van der Waals surface area contributed by atoms with Crippen molar-refractivity contribution >= 4 is 5.97 Å². The Kier molecular flexibility index (Phi) is 5.56. The first kappa shape index (κ1) is 17.2. The van der Waals surface area contributed by atoms with Gasteiger partial charge in [0, 0.05) is 5.92 Å². The summed E-state index contributed by atoms with van der Waals surface area (Å²) in [5, 5.41) is 9.89. The number of benzene rings is 2. The average Bonchev–Trinajstić information content (AvgIpc) is 2.52. The lowest BCUT2D eigenvalue weighted by Crippen LogP contribution is -2.34. The summed E-state index contributed by atoms with van der Waals surface area (Å²) in [6.45, 7) is 5.24. The van der Waals surface area contributed by atoms with E-state index in [1.54, 1.807) is 0 Å². The van der Waals surface area contributed by atoms with Gasteiger partial charge in [-0.3, -0.25) is 4.79 Å². The van der Waals surface area contributed by atoms with Gasteiger partial charge in [-0.05, 0) is 31.9 Å². The number of aliphatic hydroxyl groups is 1. The molecule has 2 rings (SSSR count). The van der Waals surface area contributed by atoms with Gasteiger partial charge in [-0.25, -0.2) is 0 Å². The molecule has 3 nitrogen and oxygen atoms in total. The number of esters is 1. The van der Waals surface area contributed by atoms with Crippen LogP contribution in [0.2, 0.25) is 0 Å². The lowest BCUT2D eigenvalue weighted by molar-refractivity contribution is -0.161. The molecule has 0 heterocycles. The normalized spacial score (nSPS) is 12.9. The van der Waals surface area contributed by atoms with Crippen molar-refractivity contribution in [3.63, 3.8) is 0 Å². The molecular weight excluding hydrogens is 288 g/mol. The van der Waals surface area contributed by atoms with E-state index in [4.69, 9.17) is 4.74 Å². The highest BCUT2D eigenvalue weighted by molar-refractivity contribution is 5.75. The van der Waals surface area contributed by atoms with E-state index in [-0.39, 0.29) is 18.5 Å². The van der Waals surface area contributed by atoms with E-state index in [0.717, 1.165) is 11.1 Å².